The maximum absolute atomic E-state index is 3.55. The predicted molar refractivity (Wildman–Crippen MR) is 151 cm³/mol. The smallest absolute Gasteiger partial charge is 0.0351 e. The Kier molecular flexibility index (Phi) is 101. The minimum absolute atomic E-state index is 1.15. The molecule has 0 heterocycles. The first-order chi connectivity index (χ1) is 14.8. The van der Waals surface area contributed by atoms with E-state index in [1.807, 2.05) is 68.4 Å². The van der Waals surface area contributed by atoms with Crippen molar-refractivity contribution in [2.75, 3.05) is 0 Å². The molecule has 2 aliphatic carbocycles. The van der Waals surface area contributed by atoms with Crippen molar-refractivity contribution in [1.82, 2.24) is 0 Å². The van der Waals surface area contributed by atoms with E-state index in [1.165, 1.54) is 57.8 Å². The summed E-state index contributed by atoms with van der Waals surface area (Å²) in [6, 6.07) is 0. The molecule has 0 radical (unpaired) electrons. The highest BCUT2D eigenvalue weighted by molar-refractivity contribution is 4.85. The Bertz CT molecular complexity index is 234. The molecular formula is C30H64. The molecule has 0 nitrogen and oxygen atoms in total. The number of allylic oxidation sites excluding steroid dienone is 7. The Hall–Kier alpha value is -1.04. The second-order valence-electron chi connectivity index (χ2n) is 5.57. The van der Waals surface area contributed by atoms with Crippen LogP contribution in [0.5, 0.6) is 0 Å². The van der Waals surface area contributed by atoms with E-state index < -0.39 is 0 Å². The third-order valence-electron chi connectivity index (χ3n) is 3.28. The van der Waals surface area contributed by atoms with Gasteiger partial charge in [0, 0.05) is 0 Å². The number of hydrogen-bond donors (Lipinski definition) is 0. The van der Waals surface area contributed by atoms with Crippen molar-refractivity contribution in [3.63, 3.8) is 0 Å². The molecule has 0 atom stereocenters. The molecule has 0 N–H and O–H groups in total. The van der Waals surface area contributed by atoms with Gasteiger partial charge >= 0.3 is 0 Å². The second kappa shape index (κ2) is 70.7. The molecular weight excluding hydrogens is 360 g/mol. The van der Waals surface area contributed by atoms with Gasteiger partial charge in [0.15, 0.2) is 0 Å². The molecule has 0 unspecified atom stereocenters. The van der Waals surface area contributed by atoms with Gasteiger partial charge in [-0.15, -0.1) is 6.58 Å². The average Bonchev–Trinajstić information content (AvgIpc) is 2.88. The van der Waals surface area contributed by atoms with Gasteiger partial charge in [-0.1, -0.05) is 118 Å². The Morgan fingerprint density at radius 3 is 0.967 bits per heavy atom. The summed E-state index contributed by atoms with van der Waals surface area (Å²) in [5.74, 6) is 0. The van der Waals surface area contributed by atoms with E-state index in [0.717, 1.165) is 12.8 Å². The molecule has 0 aliphatic heterocycles. The lowest BCUT2D eigenvalue weighted by molar-refractivity contribution is 0.730. The van der Waals surface area contributed by atoms with Crippen LogP contribution in [0, 0.1) is 0 Å². The Balaban J connectivity index is -0.0000000578. The zero-order valence-electron chi connectivity index (χ0n) is 23.5. The first kappa shape index (κ1) is 42.9. The summed E-state index contributed by atoms with van der Waals surface area (Å²) in [6.45, 7) is 25.8. The highest BCUT2D eigenvalue weighted by Crippen LogP contribution is 2.07. The quantitative estimate of drug-likeness (QED) is 0.395. The minimum atomic E-state index is 1.15. The van der Waals surface area contributed by atoms with Crippen LogP contribution < -0.4 is 0 Å². The number of unbranched alkanes of at least 4 members (excludes halogenated alkanes) is 1. The van der Waals surface area contributed by atoms with Crippen LogP contribution >= 0.6 is 0 Å². The molecule has 0 saturated carbocycles. The molecule has 0 aromatic heterocycles. The normalized spacial score (nSPS) is 12.2. The van der Waals surface area contributed by atoms with Gasteiger partial charge < -0.3 is 0 Å². The third kappa shape index (κ3) is 81.2. The van der Waals surface area contributed by atoms with Crippen molar-refractivity contribution in [1.29, 1.82) is 0 Å². The summed E-state index contributed by atoms with van der Waals surface area (Å²) in [4.78, 5) is 0. The van der Waals surface area contributed by atoms with E-state index >= 15 is 0 Å². The minimum Gasteiger partial charge on any atom is -0.103 e. The van der Waals surface area contributed by atoms with Crippen molar-refractivity contribution in [3.8, 4) is 0 Å². The monoisotopic (exact) mass is 425 g/mol. The molecule has 0 bridgehead atoms. The molecule has 0 spiro atoms. The molecule has 2 aliphatic rings. The highest BCUT2D eigenvalue weighted by Gasteiger charge is 1.87. The zero-order valence-corrected chi connectivity index (χ0v) is 23.5. The van der Waals surface area contributed by atoms with Crippen LogP contribution in [0.3, 0.4) is 0 Å². The molecule has 0 heteroatoms. The second-order valence-corrected chi connectivity index (χ2v) is 5.57. The first-order valence-electron chi connectivity index (χ1n) is 13.3. The molecule has 0 fully saturated rings. The van der Waals surface area contributed by atoms with Crippen LogP contribution in [-0.4, -0.2) is 0 Å². The summed E-state index contributed by atoms with van der Waals surface area (Å²) in [5, 5.41) is 0. The van der Waals surface area contributed by atoms with Crippen molar-refractivity contribution in [2.45, 2.75) is 147 Å². The van der Waals surface area contributed by atoms with Gasteiger partial charge in [-0.2, -0.15) is 0 Å². The third-order valence-corrected chi connectivity index (χ3v) is 3.28. The van der Waals surface area contributed by atoms with Crippen molar-refractivity contribution in [2.24, 2.45) is 0 Å². The number of rotatable bonds is 3. The molecule has 0 saturated heterocycles. The lowest BCUT2D eigenvalue weighted by Gasteiger charge is -1.97. The van der Waals surface area contributed by atoms with Gasteiger partial charge in [0.05, 0.1) is 0 Å². The summed E-state index contributed by atoms with van der Waals surface area (Å²) in [6.07, 6.45) is 29.7. The van der Waals surface area contributed by atoms with E-state index in [2.05, 4.69) is 56.9 Å². The standard InChI is InChI=1S/2C6H10.2C5H10.4C2H6/c2*1-2-4-6-5-3-1;2*1-3-5-4-2;4*1-2/h2*1-2H,3-6H2;3,5H,4H2,1-2H3;3H,1,4-5H2,2H3;4*1-2H3/b;;5-3+;;;;;. The maximum Gasteiger partial charge on any atom is -0.0351 e. The van der Waals surface area contributed by atoms with Crippen LogP contribution in [0.25, 0.3) is 0 Å². The van der Waals surface area contributed by atoms with Crippen LogP contribution in [-0.2, 0) is 0 Å². The van der Waals surface area contributed by atoms with E-state index in [4.69, 9.17) is 0 Å². The fraction of sp³-hybridized carbons (Fsp3) is 0.733. The maximum atomic E-state index is 3.55. The van der Waals surface area contributed by atoms with Gasteiger partial charge in [0.1, 0.15) is 0 Å². The summed E-state index contributed by atoms with van der Waals surface area (Å²) in [7, 11) is 0. The average molecular weight is 425 g/mol. The predicted octanol–water partition coefficient (Wildman–Crippen LogP) is 12.3. The van der Waals surface area contributed by atoms with Crippen LogP contribution in [0.1, 0.15) is 147 Å². The molecule has 0 aromatic rings. The van der Waals surface area contributed by atoms with Gasteiger partial charge in [-0.3, -0.25) is 0 Å². The summed E-state index contributed by atoms with van der Waals surface area (Å²) >= 11 is 0. The van der Waals surface area contributed by atoms with E-state index in [0.29, 0.717) is 0 Å². The van der Waals surface area contributed by atoms with Crippen LogP contribution in [0.15, 0.2) is 49.1 Å². The summed E-state index contributed by atoms with van der Waals surface area (Å²) < 4.78 is 0. The fourth-order valence-electron chi connectivity index (χ4n) is 1.96. The first-order valence-corrected chi connectivity index (χ1v) is 13.3. The van der Waals surface area contributed by atoms with Gasteiger partial charge in [0.2, 0.25) is 0 Å². The van der Waals surface area contributed by atoms with E-state index in [-0.39, 0.29) is 0 Å². The molecule has 30 heavy (non-hydrogen) atoms. The largest absolute Gasteiger partial charge is 0.103 e. The summed E-state index contributed by atoms with van der Waals surface area (Å²) in [5.41, 5.74) is 0. The lowest BCUT2D eigenvalue weighted by atomic mass is 10.1. The van der Waals surface area contributed by atoms with Gasteiger partial charge in [0.25, 0.3) is 0 Å². The molecule has 0 aromatic carbocycles. The topological polar surface area (TPSA) is 0 Å². The SMILES string of the molecule is C/C=C/CC.C1=CCCCC1.C1=CCCCC1.C=CCCC.CC.CC.CC.CC. The van der Waals surface area contributed by atoms with Gasteiger partial charge in [-0.25, -0.2) is 0 Å². The van der Waals surface area contributed by atoms with Crippen LogP contribution in [0.4, 0.5) is 0 Å². The van der Waals surface area contributed by atoms with E-state index in [1.54, 1.807) is 0 Å². The van der Waals surface area contributed by atoms with E-state index in [9.17, 15) is 0 Å². The van der Waals surface area contributed by atoms with Crippen LogP contribution in [0.2, 0.25) is 0 Å². The zero-order chi connectivity index (χ0) is 24.7. The van der Waals surface area contributed by atoms with Crippen molar-refractivity contribution >= 4 is 0 Å². The van der Waals surface area contributed by atoms with Crippen molar-refractivity contribution < 1.29 is 0 Å². The Labute approximate surface area is 196 Å². The highest BCUT2D eigenvalue weighted by atomic mass is 13.9. The van der Waals surface area contributed by atoms with Gasteiger partial charge in [-0.05, 0) is 71.1 Å². The molecule has 0 amide bonds. The fourth-order valence-corrected chi connectivity index (χ4v) is 1.96. The molecule has 2 rings (SSSR count). The van der Waals surface area contributed by atoms with Crippen molar-refractivity contribution in [3.05, 3.63) is 49.1 Å². The Morgan fingerprint density at radius 2 is 0.933 bits per heavy atom. The molecule has 184 valence electrons. The number of hydrogen-bond acceptors (Lipinski definition) is 0. The lowest BCUT2D eigenvalue weighted by Crippen LogP contribution is -1.77. The Morgan fingerprint density at radius 1 is 0.633 bits per heavy atom.